The molecule has 0 aliphatic heterocycles. The van der Waals surface area contributed by atoms with Crippen LogP contribution in [0.15, 0.2) is 29.2 Å². The molecular formula is C13H20N2O3S2. The van der Waals surface area contributed by atoms with Gasteiger partial charge in [0.1, 0.15) is 5.84 Å². The highest BCUT2D eigenvalue weighted by Gasteiger charge is 2.14. The molecule has 1 aromatic rings. The first-order valence-electron chi connectivity index (χ1n) is 6.22. The van der Waals surface area contributed by atoms with Crippen LogP contribution in [-0.4, -0.2) is 43.2 Å². The van der Waals surface area contributed by atoms with Crippen LogP contribution in [-0.2, 0) is 9.84 Å². The Labute approximate surface area is 124 Å². The summed E-state index contributed by atoms with van der Waals surface area (Å²) in [5.41, 5.74) is 5.83. The molecule has 0 heterocycles. The number of nitrogens with two attached hydrogens (primary N) is 1. The number of nitrogen functional groups attached to an aromatic ring is 1. The van der Waals surface area contributed by atoms with Crippen LogP contribution in [0.5, 0.6) is 0 Å². The largest absolute Gasteiger partial charge is 0.396 e. The van der Waals surface area contributed by atoms with E-state index in [4.69, 9.17) is 16.2 Å². The number of sulfone groups is 1. The summed E-state index contributed by atoms with van der Waals surface area (Å²) in [6, 6.07) is 6.03. The van der Waals surface area contributed by atoms with Gasteiger partial charge in [-0.2, -0.15) is 11.8 Å². The lowest BCUT2D eigenvalue weighted by atomic mass is 10.2. The molecule has 1 unspecified atom stereocenters. The van der Waals surface area contributed by atoms with E-state index in [1.165, 1.54) is 36.0 Å². The molecule has 0 aromatic heterocycles. The van der Waals surface area contributed by atoms with Crippen LogP contribution in [0.1, 0.15) is 12.5 Å². The average Bonchev–Trinajstić information content (AvgIpc) is 2.43. The summed E-state index contributed by atoms with van der Waals surface area (Å²) in [4.78, 5) is 0.248. The molecule has 0 amide bonds. The highest BCUT2D eigenvalue weighted by Crippen LogP contribution is 2.15. The minimum absolute atomic E-state index is 0.0647. The zero-order valence-electron chi connectivity index (χ0n) is 11.4. The van der Waals surface area contributed by atoms with Crippen LogP contribution >= 0.6 is 11.8 Å². The predicted octanol–water partition coefficient (Wildman–Crippen LogP) is 1.11. The number of rotatable bonds is 8. The predicted molar refractivity (Wildman–Crippen MR) is 83.1 cm³/mol. The molecule has 0 aliphatic rings. The van der Waals surface area contributed by atoms with Crippen molar-refractivity contribution in [2.24, 2.45) is 11.7 Å². The summed E-state index contributed by atoms with van der Waals surface area (Å²) in [6.45, 7) is 2.04. The maximum Gasteiger partial charge on any atom is 0.179 e. The molecule has 112 valence electrons. The molecule has 0 saturated carbocycles. The van der Waals surface area contributed by atoms with Crippen molar-refractivity contribution in [3.63, 3.8) is 0 Å². The van der Waals surface area contributed by atoms with Crippen molar-refractivity contribution in [1.82, 2.24) is 0 Å². The van der Waals surface area contributed by atoms with Gasteiger partial charge in [0.25, 0.3) is 0 Å². The fraction of sp³-hybridized carbons (Fsp3) is 0.462. The summed E-state index contributed by atoms with van der Waals surface area (Å²) in [6.07, 6.45) is 0. The second kappa shape index (κ2) is 7.66. The lowest BCUT2D eigenvalue weighted by Crippen LogP contribution is -2.13. The third-order valence-electron chi connectivity index (χ3n) is 2.73. The highest BCUT2D eigenvalue weighted by atomic mass is 32.2. The third-order valence-corrected chi connectivity index (χ3v) is 6.02. The molecule has 0 fully saturated rings. The fourth-order valence-corrected chi connectivity index (χ4v) is 4.28. The number of nitrogens with one attached hydrogen (secondary N) is 1. The molecule has 0 radical (unpaired) electrons. The van der Waals surface area contributed by atoms with Gasteiger partial charge in [0.05, 0.1) is 10.6 Å². The molecular weight excluding hydrogens is 296 g/mol. The maximum absolute atomic E-state index is 12.1. The summed E-state index contributed by atoms with van der Waals surface area (Å²) in [5, 5.41) is 16.1. The van der Waals surface area contributed by atoms with Gasteiger partial charge in [-0.25, -0.2) is 8.42 Å². The second-order valence-corrected chi connectivity index (χ2v) is 7.88. The van der Waals surface area contributed by atoms with Crippen LogP contribution in [0, 0.1) is 11.3 Å². The van der Waals surface area contributed by atoms with Crippen molar-refractivity contribution in [2.75, 3.05) is 23.9 Å². The smallest absolute Gasteiger partial charge is 0.179 e. The van der Waals surface area contributed by atoms with Gasteiger partial charge in [-0.3, -0.25) is 5.41 Å². The van der Waals surface area contributed by atoms with E-state index < -0.39 is 9.84 Å². The Kier molecular flexibility index (Phi) is 6.51. The third kappa shape index (κ3) is 5.15. The summed E-state index contributed by atoms with van der Waals surface area (Å²) in [7, 11) is -3.30. The van der Waals surface area contributed by atoms with Gasteiger partial charge in [-0.15, -0.1) is 0 Å². The summed E-state index contributed by atoms with van der Waals surface area (Å²) >= 11 is 1.52. The molecule has 0 bridgehead atoms. The lowest BCUT2D eigenvalue weighted by molar-refractivity contribution is 0.250. The highest BCUT2D eigenvalue weighted by molar-refractivity contribution is 8.00. The molecule has 0 spiro atoms. The Morgan fingerprint density at radius 2 is 2.00 bits per heavy atom. The van der Waals surface area contributed by atoms with E-state index >= 15 is 0 Å². The molecule has 4 N–H and O–H groups in total. The topological polar surface area (TPSA) is 104 Å². The van der Waals surface area contributed by atoms with Gasteiger partial charge in [0.15, 0.2) is 9.84 Å². The first-order chi connectivity index (χ1) is 9.36. The average molecular weight is 316 g/mol. The van der Waals surface area contributed by atoms with Crippen LogP contribution in [0.4, 0.5) is 0 Å². The Hall–Kier alpha value is -1.05. The standard InChI is InChI=1S/C13H20N2O3S2/c1-10(8-16)9-19-6-7-20(17,18)12-4-2-11(3-5-12)13(14)15/h2-5,10,16H,6-9H2,1H3,(H3,14,15). The second-order valence-electron chi connectivity index (χ2n) is 4.62. The molecule has 0 saturated heterocycles. The van der Waals surface area contributed by atoms with E-state index in [9.17, 15) is 8.42 Å². The monoisotopic (exact) mass is 316 g/mol. The lowest BCUT2D eigenvalue weighted by Gasteiger charge is -2.08. The van der Waals surface area contributed by atoms with Crippen LogP contribution in [0.2, 0.25) is 0 Å². The minimum atomic E-state index is -3.30. The van der Waals surface area contributed by atoms with Crippen molar-refractivity contribution in [3.05, 3.63) is 29.8 Å². The zero-order chi connectivity index (χ0) is 15.2. The van der Waals surface area contributed by atoms with E-state index in [1.807, 2.05) is 6.92 Å². The van der Waals surface area contributed by atoms with Gasteiger partial charge in [0, 0.05) is 17.9 Å². The number of hydrogen-bond donors (Lipinski definition) is 3. The van der Waals surface area contributed by atoms with Crippen molar-refractivity contribution < 1.29 is 13.5 Å². The normalized spacial score (nSPS) is 13.1. The number of amidine groups is 1. The van der Waals surface area contributed by atoms with Crippen molar-refractivity contribution in [1.29, 1.82) is 5.41 Å². The van der Waals surface area contributed by atoms with Gasteiger partial charge < -0.3 is 10.8 Å². The van der Waals surface area contributed by atoms with Crippen molar-refractivity contribution in [3.8, 4) is 0 Å². The number of benzene rings is 1. The van der Waals surface area contributed by atoms with Crippen LogP contribution in [0.3, 0.4) is 0 Å². The number of aliphatic hydroxyl groups excluding tert-OH is 1. The van der Waals surface area contributed by atoms with E-state index in [-0.39, 0.29) is 29.0 Å². The van der Waals surface area contributed by atoms with Crippen LogP contribution < -0.4 is 5.73 Å². The summed E-state index contributed by atoms with van der Waals surface area (Å²) in [5.74, 6) is 1.41. The van der Waals surface area contributed by atoms with Gasteiger partial charge in [0.2, 0.25) is 0 Å². The number of aliphatic hydroxyl groups is 1. The van der Waals surface area contributed by atoms with E-state index in [1.54, 1.807) is 0 Å². The van der Waals surface area contributed by atoms with Crippen molar-refractivity contribution >= 4 is 27.4 Å². The Balaban J connectivity index is 2.58. The molecule has 7 heteroatoms. The van der Waals surface area contributed by atoms with Crippen molar-refractivity contribution in [2.45, 2.75) is 11.8 Å². The minimum Gasteiger partial charge on any atom is -0.396 e. The Morgan fingerprint density at radius 1 is 1.40 bits per heavy atom. The molecule has 20 heavy (non-hydrogen) atoms. The Morgan fingerprint density at radius 3 is 2.50 bits per heavy atom. The molecule has 5 nitrogen and oxygen atoms in total. The number of hydrogen-bond acceptors (Lipinski definition) is 5. The van der Waals surface area contributed by atoms with Gasteiger partial charge in [-0.05, 0) is 23.8 Å². The van der Waals surface area contributed by atoms with Gasteiger partial charge in [-0.1, -0.05) is 19.1 Å². The molecule has 1 rings (SSSR count). The molecule has 0 aliphatic carbocycles. The van der Waals surface area contributed by atoms with Gasteiger partial charge >= 0.3 is 0 Å². The quantitative estimate of drug-likeness (QED) is 0.378. The maximum atomic E-state index is 12.1. The first kappa shape index (κ1) is 17.0. The van der Waals surface area contributed by atoms with E-state index in [0.29, 0.717) is 11.3 Å². The molecule has 1 aromatic carbocycles. The van der Waals surface area contributed by atoms with E-state index in [0.717, 1.165) is 5.75 Å². The summed E-state index contributed by atoms with van der Waals surface area (Å²) < 4.78 is 24.2. The molecule has 1 atom stereocenters. The Bertz CT molecular complexity index is 541. The van der Waals surface area contributed by atoms with E-state index in [2.05, 4.69) is 0 Å². The fourth-order valence-electron chi connectivity index (χ4n) is 1.47. The zero-order valence-corrected chi connectivity index (χ0v) is 13.0. The first-order valence-corrected chi connectivity index (χ1v) is 9.03. The SMILES string of the molecule is CC(CO)CSCCS(=O)(=O)c1ccc(C(=N)N)cc1. The number of thioether (sulfide) groups is 1. The van der Waals surface area contributed by atoms with Crippen LogP contribution in [0.25, 0.3) is 0 Å².